The second-order valence-electron chi connectivity index (χ2n) is 5.84. The standard InChI is InChI=1S/C14H21F3N4OS2/c1-9(11(22)21(2)10-6-4-3-5-7-10)23-13-20-19-12(24-13)18-8-14(15,16)17/h9-10H,3-8H2,1-2H3,(H,18,19). The van der Waals surface area contributed by atoms with Gasteiger partial charge in [0.05, 0.1) is 5.25 Å². The number of carbonyl (C=O) groups excluding carboxylic acids is 1. The molecule has 1 atom stereocenters. The van der Waals surface area contributed by atoms with Crippen molar-refractivity contribution in [3.05, 3.63) is 0 Å². The summed E-state index contributed by atoms with van der Waals surface area (Å²) in [6, 6.07) is 0.285. The highest BCUT2D eigenvalue weighted by atomic mass is 32.2. The van der Waals surface area contributed by atoms with E-state index in [1.807, 2.05) is 7.05 Å². The minimum Gasteiger partial charge on any atom is -0.351 e. The number of hydrogen-bond donors (Lipinski definition) is 1. The van der Waals surface area contributed by atoms with Crippen molar-refractivity contribution in [2.24, 2.45) is 0 Å². The lowest BCUT2D eigenvalue weighted by Gasteiger charge is -2.32. The molecule has 0 radical (unpaired) electrons. The van der Waals surface area contributed by atoms with Crippen LogP contribution in [0.2, 0.25) is 0 Å². The van der Waals surface area contributed by atoms with Gasteiger partial charge in [-0.05, 0) is 19.8 Å². The number of alkyl halides is 3. The molecule has 1 heterocycles. The van der Waals surface area contributed by atoms with Gasteiger partial charge < -0.3 is 10.2 Å². The van der Waals surface area contributed by atoms with Crippen molar-refractivity contribution in [1.29, 1.82) is 0 Å². The second-order valence-corrected chi connectivity index (χ2v) is 8.41. The van der Waals surface area contributed by atoms with Crippen molar-refractivity contribution in [2.45, 2.75) is 60.8 Å². The lowest BCUT2D eigenvalue weighted by Crippen LogP contribution is -2.42. The third-order valence-electron chi connectivity index (χ3n) is 3.94. The van der Waals surface area contributed by atoms with Crippen LogP contribution in [-0.2, 0) is 4.79 Å². The van der Waals surface area contributed by atoms with E-state index in [0.29, 0.717) is 4.34 Å². The van der Waals surface area contributed by atoms with E-state index in [1.165, 1.54) is 18.2 Å². The summed E-state index contributed by atoms with van der Waals surface area (Å²) in [5.74, 6) is 0.0203. The highest BCUT2D eigenvalue weighted by molar-refractivity contribution is 8.02. The first-order chi connectivity index (χ1) is 11.3. The number of anilines is 1. The largest absolute Gasteiger partial charge is 0.405 e. The Hall–Kier alpha value is -1.03. The van der Waals surface area contributed by atoms with Crippen LogP contribution in [0.5, 0.6) is 0 Å². The van der Waals surface area contributed by atoms with Gasteiger partial charge in [-0.2, -0.15) is 13.2 Å². The zero-order valence-electron chi connectivity index (χ0n) is 13.6. The summed E-state index contributed by atoms with van der Waals surface area (Å²) in [5, 5.41) is 9.47. The van der Waals surface area contributed by atoms with E-state index in [4.69, 9.17) is 0 Å². The van der Waals surface area contributed by atoms with Gasteiger partial charge >= 0.3 is 6.18 Å². The summed E-state index contributed by atoms with van der Waals surface area (Å²) >= 11 is 2.26. The quantitative estimate of drug-likeness (QED) is 0.759. The lowest BCUT2D eigenvalue weighted by atomic mass is 9.94. The molecule has 0 bridgehead atoms. The van der Waals surface area contributed by atoms with Gasteiger partial charge in [0, 0.05) is 13.1 Å². The number of nitrogens with zero attached hydrogens (tertiary/aromatic N) is 3. The first-order valence-corrected chi connectivity index (χ1v) is 9.53. The Labute approximate surface area is 147 Å². The molecule has 10 heteroatoms. The van der Waals surface area contributed by atoms with Crippen LogP contribution in [0.4, 0.5) is 18.3 Å². The van der Waals surface area contributed by atoms with Crippen LogP contribution in [0.15, 0.2) is 4.34 Å². The van der Waals surface area contributed by atoms with Crippen LogP contribution in [0.25, 0.3) is 0 Å². The zero-order valence-corrected chi connectivity index (χ0v) is 15.2. The molecule has 136 valence electrons. The van der Waals surface area contributed by atoms with Gasteiger partial charge in [0.2, 0.25) is 11.0 Å². The fraction of sp³-hybridized carbons (Fsp3) is 0.786. The van der Waals surface area contributed by atoms with Gasteiger partial charge in [-0.15, -0.1) is 10.2 Å². The summed E-state index contributed by atoms with van der Waals surface area (Å²) < 4.78 is 37.0. The number of carbonyl (C=O) groups is 1. The van der Waals surface area contributed by atoms with Crippen LogP contribution in [0.1, 0.15) is 39.0 Å². The van der Waals surface area contributed by atoms with Crippen LogP contribution >= 0.6 is 23.1 Å². The van der Waals surface area contributed by atoms with Gasteiger partial charge in [0.1, 0.15) is 6.54 Å². The summed E-state index contributed by atoms with van der Waals surface area (Å²) in [7, 11) is 1.83. The SMILES string of the molecule is CC(Sc1nnc(NCC(F)(F)F)s1)C(=O)N(C)C1CCCCC1. The van der Waals surface area contributed by atoms with Gasteiger partial charge in [-0.1, -0.05) is 42.4 Å². The Morgan fingerprint density at radius 2 is 2.04 bits per heavy atom. The smallest absolute Gasteiger partial charge is 0.351 e. The summed E-state index contributed by atoms with van der Waals surface area (Å²) in [6.45, 7) is 0.641. The number of rotatable bonds is 6. The van der Waals surface area contributed by atoms with Crippen molar-refractivity contribution in [3.8, 4) is 0 Å². The second kappa shape index (κ2) is 8.37. The molecule has 24 heavy (non-hydrogen) atoms. The van der Waals surface area contributed by atoms with E-state index in [1.54, 1.807) is 11.8 Å². The van der Waals surface area contributed by atoms with Crippen LogP contribution in [0, 0.1) is 0 Å². The third-order valence-corrected chi connectivity index (χ3v) is 5.99. The van der Waals surface area contributed by atoms with Crippen molar-refractivity contribution < 1.29 is 18.0 Å². The highest BCUT2D eigenvalue weighted by Gasteiger charge is 2.28. The number of aromatic nitrogens is 2. The number of nitrogens with one attached hydrogen (secondary N) is 1. The molecule has 1 unspecified atom stereocenters. The number of amides is 1. The molecule has 0 aromatic carbocycles. The van der Waals surface area contributed by atoms with E-state index < -0.39 is 12.7 Å². The predicted molar refractivity (Wildman–Crippen MR) is 89.4 cm³/mol. The van der Waals surface area contributed by atoms with E-state index in [9.17, 15) is 18.0 Å². The van der Waals surface area contributed by atoms with Crippen LogP contribution in [-0.4, -0.2) is 52.1 Å². The highest BCUT2D eigenvalue weighted by Crippen LogP contribution is 2.31. The van der Waals surface area contributed by atoms with Crippen molar-refractivity contribution >= 4 is 34.1 Å². The molecular weight excluding hydrogens is 361 g/mol. The Balaban J connectivity index is 1.85. The molecule has 0 spiro atoms. The van der Waals surface area contributed by atoms with E-state index in [-0.39, 0.29) is 22.3 Å². The van der Waals surface area contributed by atoms with Gasteiger partial charge in [-0.25, -0.2) is 0 Å². The Morgan fingerprint density at radius 1 is 1.38 bits per heavy atom. The van der Waals surface area contributed by atoms with Gasteiger partial charge in [-0.3, -0.25) is 4.79 Å². The Morgan fingerprint density at radius 3 is 2.67 bits per heavy atom. The van der Waals surface area contributed by atoms with Crippen molar-refractivity contribution in [3.63, 3.8) is 0 Å². The summed E-state index contributed by atoms with van der Waals surface area (Å²) in [4.78, 5) is 14.3. The molecule has 1 amide bonds. The molecule has 1 fully saturated rings. The van der Waals surface area contributed by atoms with E-state index in [2.05, 4.69) is 15.5 Å². The lowest BCUT2D eigenvalue weighted by molar-refractivity contribution is -0.131. The van der Waals surface area contributed by atoms with Gasteiger partial charge in [0.25, 0.3) is 0 Å². The molecule has 1 N–H and O–H groups in total. The minimum atomic E-state index is -4.30. The fourth-order valence-electron chi connectivity index (χ4n) is 2.64. The fourth-order valence-corrected chi connectivity index (χ4v) is 4.63. The monoisotopic (exact) mass is 382 g/mol. The topological polar surface area (TPSA) is 58.1 Å². The zero-order chi connectivity index (χ0) is 17.7. The normalized spacial score (nSPS) is 17.5. The Bertz CT molecular complexity index is 546. The van der Waals surface area contributed by atoms with E-state index >= 15 is 0 Å². The molecule has 1 aliphatic rings. The summed E-state index contributed by atoms with van der Waals surface area (Å²) in [5.41, 5.74) is 0. The maximum atomic E-state index is 12.5. The molecule has 1 aromatic heterocycles. The van der Waals surface area contributed by atoms with Crippen LogP contribution < -0.4 is 5.32 Å². The maximum Gasteiger partial charge on any atom is 0.405 e. The molecule has 1 aromatic rings. The number of halogens is 3. The molecule has 1 aliphatic carbocycles. The number of thioether (sulfide) groups is 1. The third kappa shape index (κ3) is 5.80. The molecule has 5 nitrogen and oxygen atoms in total. The van der Waals surface area contributed by atoms with Crippen molar-refractivity contribution in [2.75, 3.05) is 18.9 Å². The van der Waals surface area contributed by atoms with Gasteiger partial charge in [0.15, 0.2) is 4.34 Å². The first kappa shape index (κ1) is 19.3. The summed E-state index contributed by atoms with van der Waals surface area (Å²) in [6.07, 6.45) is 1.28. The maximum absolute atomic E-state index is 12.5. The molecule has 2 rings (SSSR count). The minimum absolute atomic E-state index is 0.0203. The molecular formula is C14H21F3N4OS2. The first-order valence-electron chi connectivity index (χ1n) is 7.84. The number of hydrogen-bond acceptors (Lipinski definition) is 6. The Kier molecular flexibility index (Phi) is 6.73. The average Bonchev–Trinajstić information content (AvgIpc) is 2.99. The van der Waals surface area contributed by atoms with E-state index in [0.717, 1.165) is 37.0 Å². The molecule has 0 saturated heterocycles. The molecule has 0 aliphatic heterocycles. The average molecular weight is 382 g/mol. The predicted octanol–water partition coefficient (Wildman–Crippen LogP) is 3.78. The molecule has 1 saturated carbocycles. The van der Waals surface area contributed by atoms with Crippen molar-refractivity contribution in [1.82, 2.24) is 15.1 Å². The van der Waals surface area contributed by atoms with Crippen LogP contribution in [0.3, 0.4) is 0 Å².